The SMILES string of the molecule is CSC(C)(C)CNC(=O)OCCO. The molecule has 0 aliphatic heterocycles. The number of alkyl carbamates (subject to hydrolysis) is 1. The first-order chi connectivity index (χ1) is 6.02. The molecule has 78 valence electrons. The van der Waals surface area contributed by atoms with Gasteiger partial charge in [-0.15, -0.1) is 0 Å². The van der Waals surface area contributed by atoms with Gasteiger partial charge in [0.15, 0.2) is 0 Å². The average molecular weight is 207 g/mol. The third kappa shape index (κ3) is 6.72. The molecule has 2 N–H and O–H groups in total. The maximum Gasteiger partial charge on any atom is 0.407 e. The molecule has 0 saturated carbocycles. The number of aliphatic hydroxyl groups is 1. The van der Waals surface area contributed by atoms with Crippen LogP contribution in [0.3, 0.4) is 0 Å². The number of nitrogens with one attached hydrogen (secondary N) is 1. The van der Waals surface area contributed by atoms with Crippen molar-refractivity contribution in [3.63, 3.8) is 0 Å². The number of ether oxygens (including phenoxy) is 1. The maximum absolute atomic E-state index is 10.9. The molecule has 0 aliphatic carbocycles. The first kappa shape index (κ1) is 12.6. The van der Waals surface area contributed by atoms with Crippen LogP contribution < -0.4 is 5.32 Å². The van der Waals surface area contributed by atoms with Crippen LogP contribution >= 0.6 is 11.8 Å². The lowest BCUT2D eigenvalue weighted by Crippen LogP contribution is -2.36. The minimum absolute atomic E-state index is 0.0121. The number of thioether (sulfide) groups is 1. The van der Waals surface area contributed by atoms with E-state index in [9.17, 15) is 4.79 Å². The van der Waals surface area contributed by atoms with E-state index in [1.807, 2.05) is 20.1 Å². The van der Waals surface area contributed by atoms with E-state index in [-0.39, 0.29) is 18.0 Å². The Morgan fingerprint density at radius 3 is 2.69 bits per heavy atom. The van der Waals surface area contributed by atoms with Crippen LogP contribution in [0.2, 0.25) is 0 Å². The molecule has 0 aromatic rings. The van der Waals surface area contributed by atoms with E-state index >= 15 is 0 Å². The van der Waals surface area contributed by atoms with Gasteiger partial charge in [-0.2, -0.15) is 11.8 Å². The molecule has 0 rings (SSSR count). The Hall–Kier alpha value is -0.420. The lowest BCUT2D eigenvalue weighted by molar-refractivity contribution is 0.118. The van der Waals surface area contributed by atoms with Crippen LogP contribution in [-0.2, 0) is 4.74 Å². The average Bonchev–Trinajstić information content (AvgIpc) is 2.11. The minimum atomic E-state index is -0.476. The van der Waals surface area contributed by atoms with Gasteiger partial charge >= 0.3 is 6.09 Å². The van der Waals surface area contributed by atoms with Gasteiger partial charge in [0.2, 0.25) is 0 Å². The molecule has 0 aliphatic rings. The molecular weight excluding hydrogens is 190 g/mol. The Morgan fingerprint density at radius 2 is 2.23 bits per heavy atom. The second-order valence-corrected chi connectivity index (χ2v) is 4.69. The summed E-state index contributed by atoms with van der Waals surface area (Å²) in [7, 11) is 0. The fraction of sp³-hybridized carbons (Fsp3) is 0.875. The Kier molecular flexibility index (Phi) is 5.90. The van der Waals surface area contributed by atoms with Crippen molar-refractivity contribution in [1.29, 1.82) is 0 Å². The van der Waals surface area contributed by atoms with Crippen LogP contribution in [0.1, 0.15) is 13.8 Å². The van der Waals surface area contributed by atoms with E-state index in [0.29, 0.717) is 6.54 Å². The van der Waals surface area contributed by atoms with Crippen LogP contribution in [0, 0.1) is 0 Å². The highest BCUT2D eigenvalue weighted by Crippen LogP contribution is 2.19. The highest BCUT2D eigenvalue weighted by atomic mass is 32.2. The van der Waals surface area contributed by atoms with Gasteiger partial charge in [-0.3, -0.25) is 0 Å². The van der Waals surface area contributed by atoms with E-state index in [0.717, 1.165) is 0 Å². The number of rotatable bonds is 5. The van der Waals surface area contributed by atoms with Crippen LogP contribution in [0.5, 0.6) is 0 Å². The molecule has 0 fully saturated rings. The van der Waals surface area contributed by atoms with E-state index in [1.165, 1.54) is 0 Å². The molecule has 0 atom stereocenters. The quantitative estimate of drug-likeness (QED) is 0.701. The number of hydrogen-bond acceptors (Lipinski definition) is 4. The normalized spacial score (nSPS) is 11.1. The van der Waals surface area contributed by atoms with Crippen molar-refractivity contribution in [3.8, 4) is 0 Å². The zero-order valence-corrected chi connectivity index (χ0v) is 9.11. The first-order valence-electron chi connectivity index (χ1n) is 4.08. The molecule has 0 bridgehead atoms. The van der Waals surface area contributed by atoms with Crippen molar-refractivity contribution >= 4 is 17.9 Å². The summed E-state index contributed by atoms with van der Waals surface area (Å²) in [5.74, 6) is 0. The van der Waals surface area contributed by atoms with Crippen molar-refractivity contribution in [2.45, 2.75) is 18.6 Å². The third-order valence-electron chi connectivity index (χ3n) is 1.54. The molecule has 0 radical (unpaired) electrons. The zero-order valence-electron chi connectivity index (χ0n) is 8.29. The lowest BCUT2D eigenvalue weighted by Gasteiger charge is -2.21. The molecule has 0 spiro atoms. The smallest absolute Gasteiger partial charge is 0.407 e. The summed E-state index contributed by atoms with van der Waals surface area (Å²) in [5.41, 5.74) is 0. The summed E-state index contributed by atoms with van der Waals surface area (Å²) in [6.45, 7) is 4.53. The molecule has 0 saturated heterocycles. The van der Waals surface area contributed by atoms with Crippen molar-refractivity contribution in [3.05, 3.63) is 0 Å². The largest absolute Gasteiger partial charge is 0.447 e. The molecule has 0 aromatic heterocycles. The number of amides is 1. The number of hydrogen-bond donors (Lipinski definition) is 2. The maximum atomic E-state index is 10.9. The van der Waals surface area contributed by atoms with Crippen LogP contribution in [0.15, 0.2) is 0 Å². The predicted octanol–water partition coefficient (Wildman–Crippen LogP) is 0.847. The van der Waals surface area contributed by atoms with Gasteiger partial charge in [-0.25, -0.2) is 4.79 Å². The van der Waals surface area contributed by atoms with E-state index in [1.54, 1.807) is 11.8 Å². The Balaban J connectivity index is 3.57. The van der Waals surface area contributed by atoms with Gasteiger partial charge in [0.1, 0.15) is 6.61 Å². The summed E-state index contributed by atoms with van der Waals surface area (Å²) in [6.07, 6.45) is 1.51. The first-order valence-corrected chi connectivity index (χ1v) is 5.31. The van der Waals surface area contributed by atoms with Gasteiger partial charge in [0.25, 0.3) is 0 Å². The topological polar surface area (TPSA) is 58.6 Å². The Labute approximate surface area is 83.0 Å². The van der Waals surface area contributed by atoms with E-state index in [2.05, 4.69) is 10.1 Å². The highest BCUT2D eigenvalue weighted by molar-refractivity contribution is 7.99. The molecule has 1 amide bonds. The molecule has 13 heavy (non-hydrogen) atoms. The monoisotopic (exact) mass is 207 g/mol. The van der Waals surface area contributed by atoms with Crippen LogP contribution in [-0.4, -0.2) is 42.0 Å². The predicted molar refractivity (Wildman–Crippen MR) is 54.0 cm³/mol. The zero-order chi connectivity index (χ0) is 10.3. The molecule has 0 unspecified atom stereocenters. The number of aliphatic hydroxyl groups excluding tert-OH is 1. The summed E-state index contributed by atoms with van der Waals surface area (Å²) in [4.78, 5) is 10.9. The van der Waals surface area contributed by atoms with Gasteiger partial charge in [-0.1, -0.05) is 0 Å². The number of carbonyl (C=O) groups is 1. The fourth-order valence-corrected chi connectivity index (χ4v) is 0.763. The van der Waals surface area contributed by atoms with Gasteiger partial charge in [0, 0.05) is 11.3 Å². The minimum Gasteiger partial charge on any atom is -0.447 e. The van der Waals surface area contributed by atoms with Gasteiger partial charge in [0.05, 0.1) is 6.61 Å². The Bertz CT molecular complexity index is 161. The van der Waals surface area contributed by atoms with Crippen molar-refractivity contribution in [2.75, 3.05) is 26.0 Å². The summed E-state index contributed by atoms with van der Waals surface area (Å²) in [6, 6.07) is 0. The van der Waals surface area contributed by atoms with Crippen LogP contribution in [0.25, 0.3) is 0 Å². The molecule has 0 heterocycles. The van der Waals surface area contributed by atoms with E-state index in [4.69, 9.17) is 5.11 Å². The highest BCUT2D eigenvalue weighted by Gasteiger charge is 2.16. The lowest BCUT2D eigenvalue weighted by atomic mass is 10.2. The van der Waals surface area contributed by atoms with Crippen LogP contribution in [0.4, 0.5) is 4.79 Å². The summed E-state index contributed by atoms with van der Waals surface area (Å²) in [5, 5.41) is 11.0. The molecule has 4 nitrogen and oxygen atoms in total. The van der Waals surface area contributed by atoms with Crippen molar-refractivity contribution in [2.24, 2.45) is 0 Å². The summed E-state index contributed by atoms with van der Waals surface area (Å²) < 4.78 is 4.63. The third-order valence-corrected chi connectivity index (χ3v) is 2.78. The molecule has 0 aromatic carbocycles. The fourth-order valence-electron chi connectivity index (χ4n) is 0.547. The molecular formula is C8H17NO3S. The standard InChI is InChI=1S/C8H17NO3S/c1-8(2,13-3)6-9-7(11)12-5-4-10/h10H,4-6H2,1-3H3,(H,9,11). The second-order valence-electron chi connectivity index (χ2n) is 3.18. The summed E-state index contributed by atoms with van der Waals surface area (Å²) >= 11 is 1.67. The Morgan fingerprint density at radius 1 is 1.62 bits per heavy atom. The molecule has 5 heteroatoms. The van der Waals surface area contributed by atoms with Crippen molar-refractivity contribution in [1.82, 2.24) is 5.32 Å². The number of carbonyl (C=O) groups excluding carboxylic acids is 1. The van der Waals surface area contributed by atoms with Gasteiger partial charge in [-0.05, 0) is 20.1 Å². The second kappa shape index (κ2) is 6.10. The van der Waals surface area contributed by atoms with Crippen molar-refractivity contribution < 1.29 is 14.6 Å². The van der Waals surface area contributed by atoms with Gasteiger partial charge < -0.3 is 15.2 Å². The van der Waals surface area contributed by atoms with E-state index < -0.39 is 6.09 Å².